The molecule has 0 N–H and O–H groups in total. The van der Waals surface area contributed by atoms with Gasteiger partial charge >= 0.3 is 0 Å². The summed E-state index contributed by atoms with van der Waals surface area (Å²) in [5.74, 6) is -1.51. The summed E-state index contributed by atoms with van der Waals surface area (Å²) in [6.07, 6.45) is 0. The Morgan fingerprint density at radius 2 is 1.76 bits per heavy atom. The number of sulfone groups is 1. The topological polar surface area (TPSA) is 57.9 Å². The van der Waals surface area contributed by atoms with Crippen LogP contribution < -0.4 is 0 Å². The molecule has 0 unspecified atom stereocenters. The summed E-state index contributed by atoms with van der Waals surface area (Å²) in [6, 6.07) is 15.9. The minimum Gasteiger partial charge on any atom is -0.223 e. The van der Waals surface area contributed by atoms with Crippen LogP contribution in [0.15, 0.2) is 59.5 Å². The van der Waals surface area contributed by atoms with E-state index in [0.717, 1.165) is 0 Å². The first-order valence-corrected chi connectivity index (χ1v) is 8.04. The van der Waals surface area contributed by atoms with Gasteiger partial charge in [0.15, 0.2) is 9.84 Å². The van der Waals surface area contributed by atoms with Crippen LogP contribution in [0.1, 0.15) is 11.5 Å². The van der Waals surface area contributed by atoms with Gasteiger partial charge in [-0.2, -0.15) is 5.26 Å². The number of benzene rings is 2. The first-order valence-electron chi connectivity index (χ1n) is 6.50. The summed E-state index contributed by atoms with van der Waals surface area (Å²) in [5, 5.41) is 8.38. The fraction of sp³-hybridized carbons (Fsp3) is 0.188. The molecule has 0 aromatic heterocycles. The Balaban J connectivity index is 1.99. The lowest BCUT2D eigenvalue weighted by atomic mass is 10.1. The van der Waals surface area contributed by atoms with E-state index in [9.17, 15) is 18.1 Å². The fourth-order valence-electron chi connectivity index (χ4n) is 2.70. The highest BCUT2D eigenvalue weighted by molar-refractivity contribution is 7.92. The van der Waals surface area contributed by atoms with Gasteiger partial charge in [0.2, 0.25) is 0 Å². The van der Waals surface area contributed by atoms with E-state index >= 15 is 0 Å². The molecule has 0 saturated heterocycles. The van der Waals surface area contributed by atoms with Crippen molar-refractivity contribution in [1.29, 1.82) is 5.26 Å². The number of hydrogen-bond donors (Lipinski definition) is 0. The molecule has 0 bridgehead atoms. The molecule has 2 aromatic carbocycles. The Kier molecular flexibility index (Phi) is 3.26. The molecule has 1 saturated carbocycles. The Morgan fingerprint density at radius 3 is 2.38 bits per heavy atom. The molecule has 0 radical (unpaired) electrons. The lowest BCUT2D eigenvalue weighted by molar-refractivity contribution is 0.593. The van der Waals surface area contributed by atoms with Gasteiger partial charge in [0.05, 0.1) is 22.1 Å². The van der Waals surface area contributed by atoms with Crippen molar-refractivity contribution in [3.8, 4) is 6.07 Å². The summed E-state index contributed by atoms with van der Waals surface area (Å²) in [6.45, 7) is 0. The van der Waals surface area contributed by atoms with Crippen LogP contribution in [0.2, 0.25) is 0 Å². The maximum absolute atomic E-state index is 13.3. The zero-order chi connectivity index (χ0) is 15.0. The Hall–Kier alpha value is -2.19. The van der Waals surface area contributed by atoms with Crippen LogP contribution in [0.25, 0.3) is 0 Å². The maximum Gasteiger partial charge on any atom is 0.183 e. The summed E-state index contributed by atoms with van der Waals surface area (Å²) in [4.78, 5) is 0.203. The van der Waals surface area contributed by atoms with E-state index < -0.39 is 32.7 Å². The van der Waals surface area contributed by atoms with Crippen molar-refractivity contribution in [2.45, 2.75) is 16.1 Å². The van der Waals surface area contributed by atoms with Crippen LogP contribution in [0, 0.1) is 23.1 Å². The average Bonchev–Trinajstić information content (AvgIpc) is 3.23. The second-order valence-corrected chi connectivity index (χ2v) is 7.16. The largest absolute Gasteiger partial charge is 0.223 e. The lowest BCUT2D eigenvalue weighted by Gasteiger charge is -2.03. The molecule has 3 atom stereocenters. The molecule has 0 spiro atoms. The van der Waals surface area contributed by atoms with Crippen molar-refractivity contribution in [1.82, 2.24) is 0 Å². The first kappa shape index (κ1) is 13.8. The lowest BCUT2D eigenvalue weighted by Crippen LogP contribution is -2.10. The standard InChI is InChI=1S/C16H12FNO2S/c17-12-6-4-5-11(9-12)15-14(10-18)16(15)21(19,20)13-7-2-1-3-8-13/h1-9,14-16H/t14-,15+,16+/m1/s1. The number of halogens is 1. The third-order valence-electron chi connectivity index (χ3n) is 3.77. The molecule has 1 aliphatic carbocycles. The summed E-state index contributed by atoms with van der Waals surface area (Å²) < 4.78 is 38.5. The van der Waals surface area contributed by atoms with Gasteiger partial charge in [-0.25, -0.2) is 12.8 Å². The summed E-state index contributed by atoms with van der Waals surface area (Å²) >= 11 is 0. The van der Waals surface area contributed by atoms with E-state index in [1.165, 1.54) is 30.3 Å². The highest BCUT2D eigenvalue weighted by Crippen LogP contribution is 2.53. The predicted octanol–water partition coefficient (Wildman–Crippen LogP) is 2.91. The van der Waals surface area contributed by atoms with E-state index in [4.69, 9.17) is 0 Å². The number of nitriles is 1. The minimum absolute atomic E-state index is 0.203. The van der Waals surface area contributed by atoms with Gasteiger partial charge in [0.25, 0.3) is 0 Å². The highest BCUT2D eigenvalue weighted by Gasteiger charge is 2.59. The van der Waals surface area contributed by atoms with Gasteiger partial charge < -0.3 is 0 Å². The fourth-order valence-corrected chi connectivity index (χ4v) is 4.79. The molecule has 21 heavy (non-hydrogen) atoms. The number of hydrogen-bond acceptors (Lipinski definition) is 3. The average molecular weight is 301 g/mol. The molecule has 106 valence electrons. The molecule has 1 fully saturated rings. The van der Waals surface area contributed by atoms with Crippen LogP contribution in [-0.2, 0) is 9.84 Å². The molecule has 0 heterocycles. The Bertz CT molecular complexity index is 812. The van der Waals surface area contributed by atoms with Gasteiger partial charge in [-0.1, -0.05) is 30.3 Å². The maximum atomic E-state index is 13.3. The molecule has 0 amide bonds. The van der Waals surface area contributed by atoms with Gasteiger partial charge in [-0.3, -0.25) is 0 Å². The Morgan fingerprint density at radius 1 is 1.05 bits per heavy atom. The summed E-state index contributed by atoms with van der Waals surface area (Å²) in [7, 11) is -3.58. The third kappa shape index (κ3) is 2.32. The zero-order valence-corrected chi connectivity index (χ0v) is 11.8. The van der Waals surface area contributed by atoms with Crippen LogP contribution in [0.3, 0.4) is 0 Å². The van der Waals surface area contributed by atoms with Crippen molar-refractivity contribution in [3.63, 3.8) is 0 Å². The van der Waals surface area contributed by atoms with E-state index in [1.54, 1.807) is 24.3 Å². The molecular formula is C16H12FNO2S. The van der Waals surface area contributed by atoms with Crippen LogP contribution in [0.5, 0.6) is 0 Å². The van der Waals surface area contributed by atoms with Crippen LogP contribution >= 0.6 is 0 Å². The quantitative estimate of drug-likeness (QED) is 0.876. The molecule has 1 aliphatic rings. The molecule has 0 aliphatic heterocycles. The van der Waals surface area contributed by atoms with Crippen LogP contribution in [-0.4, -0.2) is 13.7 Å². The van der Waals surface area contributed by atoms with Crippen molar-refractivity contribution in [2.24, 2.45) is 5.92 Å². The van der Waals surface area contributed by atoms with Gasteiger partial charge in [-0.15, -0.1) is 0 Å². The molecule has 3 rings (SSSR count). The second kappa shape index (κ2) is 4.97. The van der Waals surface area contributed by atoms with Gasteiger partial charge in [-0.05, 0) is 29.8 Å². The van der Waals surface area contributed by atoms with Crippen molar-refractivity contribution in [3.05, 3.63) is 66.0 Å². The van der Waals surface area contributed by atoms with Crippen molar-refractivity contribution in [2.75, 3.05) is 0 Å². The minimum atomic E-state index is -3.58. The SMILES string of the molecule is N#C[C@@H]1[C@H](c2cccc(F)c2)[C@H]1S(=O)(=O)c1ccccc1. The smallest absolute Gasteiger partial charge is 0.183 e. The number of rotatable bonds is 3. The molecule has 2 aromatic rings. The van der Waals surface area contributed by atoms with Crippen LogP contribution in [0.4, 0.5) is 4.39 Å². The predicted molar refractivity (Wildman–Crippen MR) is 75.7 cm³/mol. The van der Waals surface area contributed by atoms with E-state index in [2.05, 4.69) is 0 Å². The van der Waals surface area contributed by atoms with E-state index in [0.29, 0.717) is 5.56 Å². The van der Waals surface area contributed by atoms with Gasteiger partial charge in [0, 0.05) is 5.92 Å². The normalized spacial score (nSPS) is 24.3. The van der Waals surface area contributed by atoms with Gasteiger partial charge in [0.1, 0.15) is 5.82 Å². The third-order valence-corrected chi connectivity index (χ3v) is 6.00. The first-order chi connectivity index (χ1) is 10.1. The van der Waals surface area contributed by atoms with Crippen molar-refractivity contribution >= 4 is 9.84 Å². The molecule has 5 heteroatoms. The second-order valence-electron chi connectivity index (χ2n) is 5.06. The zero-order valence-electron chi connectivity index (χ0n) is 11.0. The molecule has 3 nitrogen and oxygen atoms in total. The number of nitrogens with zero attached hydrogens (tertiary/aromatic N) is 1. The Labute approximate surface area is 122 Å². The van der Waals surface area contributed by atoms with Crippen molar-refractivity contribution < 1.29 is 12.8 Å². The molecular weight excluding hydrogens is 289 g/mol. The van der Waals surface area contributed by atoms with E-state index in [1.807, 2.05) is 6.07 Å². The highest BCUT2D eigenvalue weighted by atomic mass is 32.2. The van der Waals surface area contributed by atoms with E-state index in [-0.39, 0.29) is 4.90 Å². The monoisotopic (exact) mass is 301 g/mol. The summed E-state index contributed by atoms with van der Waals surface area (Å²) in [5.41, 5.74) is 0.561.